The van der Waals surface area contributed by atoms with E-state index in [-0.39, 0.29) is 31.1 Å². The van der Waals surface area contributed by atoms with Crippen LogP contribution >= 0.6 is 11.3 Å². The van der Waals surface area contributed by atoms with Crippen molar-refractivity contribution in [2.45, 2.75) is 51.9 Å². The van der Waals surface area contributed by atoms with Gasteiger partial charge in [-0.2, -0.15) is 0 Å². The number of amides is 2. The second-order valence-corrected chi connectivity index (χ2v) is 8.81. The van der Waals surface area contributed by atoms with Gasteiger partial charge in [0.15, 0.2) is 0 Å². The van der Waals surface area contributed by atoms with E-state index in [9.17, 15) is 14.4 Å². The first-order chi connectivity index (χ1) is 14.9. The number of carbonyl (C=O) groups is 3. The van der Waals surface area contributed by atoms with Crippen LogP contribution in [0.2, 0.25) is 0 Å². The molecule has 0 fully saturated rings. The van der Waals surface area contributed by atoms with E-state index < -0.39 is 5.97 Å². The van der Waals surface area contributed by atoms with Gasteiger partial charge in [0.25, 0.3) is 5.91 Å². The van der Waals surface area contributed by atoms with E-state index >= 15 is 0 Å². The normalized spacial score (nSPS) is 15.1. The number of carbonyl (C=O) groups excluding carboxylic acids is 2. The Morgan fingerprint density at radius 2 is 2.03 bits per heavy atom. The summed E-state index contributed by atoms with van der Waals surface area (Å²) in [7, 11) is 1.57. The van der Waals surface area contributed by atoms with Gasteiger partial charge in [-0.15, -0.1) is 11.3 Å². The number of carboxylic acids is 1. The first kappa shape index (κ1) is 22.8. The highest BCUT2D eigenvalue weighted by molar-refractivity contribution is 7.17. The van der Waals surface area contributed by atoms with Crippen molar-refractivity contribution in [3.8, 4) is 5.75 Å². The van der Waals surface area contributed by atoms with E-state index in [2.05, 4.69) is 17.6 Å². The molecule has 0 radical (unpaired) electrons. The predicted molar refractivity (Wildman–Crippen MR) is 121 cm³/mol. The van der Waals surface area contributed by atoms with Crippen molar-refractivity contribution in [1.29, 1.82) is 0 Å². The first-order valence-corrected chi connectivity index (χ1v) is 11.3. The lowest BCUT2D eigenvalue weighted by molar-refractivity contribution is -0.137. The summed E-state index contributed by atoms with van der Waals surface area (Å²) in [6.45, 7) is 2.17. The van der Waals surface area contributed by atoms with Crippen LogP contribution in [0, 0.1) is 5.92 Å². The zero-order chi connectivity index (χ0) is 22.4. The minimum Gasteiger partial charge on any atom is -0.497 e. The summed E-state index contributed by atoms with van der Waals surface area (Å²) < 4.78 is 5.22. The standard InChI is InChI=1S/C23H28N2O5S/c1-3-14-10-11-17-18(12-14)31-23(25-19(26)8-5-9-20(27)28)21(17)22(29)24-15-6-4-7-16(13-15)30-2/h4,6-7,13-14H,3,5,8-12H2,1-2H3,(H,24,29)(H,25,26)(H,27,28)/t14-/m0/s1. The Hall–Kier alpha value is -2.87. The minimum absolute atomic E-state index is 0.0598. The molecule has 8 heteroatoms. The molecule has 3 rings (SSSR count). The summed E-state index contributed by atoms with van der Waals surface area (Å²) in [4.78, 5) is 37.5. The lowest BCUT2D eigenvalue weighted by Gasteiger charge is -2.21. The molecule has 31 heavy (non-hydrogen) atoms. The number of methoxy groups -OCH3 is 1. The summed E-state index contributed by atoms with van der Waals surface area (Å²) in [6, 6.07) is 7.13. The van der Waals surface area contributed by atoms with Gasteiger partial charge in [0.1, 0.15) is 10.8 Å². The van der Waals surface area contributed by atoms with Gasteiger partial charge < -0.3 is 20.5 Å². The Bertz CT molecular complexity index is 969. The van der Waals surface area contributed by atoms with Gasteiger partial charge >= 0.3 is 5.97 Å². The Balaban J connectivity index is 1.84. The zero-order valence-electron chi connectivity index (χ0n) is 17.8. The lowest BCUT2D eigenvalue weighted by atomic mass is 9.85. The third-order valence-electron chi connectivity index (χ3n) is 5.55. The molecule has 1 atom stereocenters. The molecule has 2 aromatic rings. The number of carboxylic acid groups (broad SMARTS) is 1. The van der Waals surface area contributed by atoms with Crippen LogP contribution in [0.15, 0.2) is 24.3 Å². The van der Waals surface area contributed by atoms with Crippen LogP contribution in [0.4, 0.5) is 10.7 Å². The second-order valence-electron chi connectivity index (χ2n) is 7.71. The molecular weight excluding hydrogens is 416 g/mol. The number of ether oxygens (including phenoxy) is 1. The molecule has 3 N–H and O–H groups in total. The number of fused-ring (bicyclic) bond motifs is 1. The van der Waals surface area contributed by atoms with Gasteiger partial charge in [-0.1, -0.05) is 19.4 Å². The molecule has 1 aromatic carbocycles. The topological polar surface area (TPSA) is 105 Å². The average Bonchev–Trinajstić information content (AvgIpc) is 3.10. The van der Waals surface area contributed by atoms with E-state index in [1.807, 2.05) is 0 Å². The summed E-state index contributed by atoms with van der Waals surface area (Å²) in [5.41, 5.74) is 2.14. The van der Waals surface area contributed by atoms with Crippen LogP contribution in [0.5, 0.6) is 5.75 Å². The monoisotopic (exact) mass is 444 g/mol. The molecule has 1 aliphatic rings. The molecule has 166 valence electrons. The number of hydrogen-bond donors (Lipinski definition) is 3. The van der Waals surface area contributed by atoms with E-state index in [4.69, 9.17) is 9.84 Å². The number of thiophene rings is 1. The van der Waals surface area contributed by atoms with Gasteiger partial charge in [-0.25, -0.2) is 0 Å². The van der Waals surface area contributed by atoms with E-state index in [1.165, 1.54) is 11.3 Å². The molecule has 0 aliphatic heterocycles. The molecule has 7 nitrogen and oxygen atoms in total. The van der Waals surface area contributed by atoms with E-state index in [0.29, 0.717) is 27.9 Å². The summed E-state index contributed by atoms with van der Waals surface area (Å²) in [5, 5.41) is 15.1. The second kappa shape index (κ2) is 10.4. The molecule has 0 bridgehead atoms. The maximum atomic E-state index is 13.2. The van der Waals surface area contributed by atoms with Crippen molar-refractivity contribution < 1.29 is 24.2 Å². The molecule has 2 amide bonds. The summed E-state index contributed by atoms with van der Waals surface area (Å²) in [5.74, 6) is -0.241. The largest absolute Gasteiger partial charge is 0.497 e. The molecule has 0 spiro atoms. The number of nitrogens with one attached hydrogen (secondary N) is 2. The van der Waals surface area contributed by atoms with E-state index in [0.717, 1.165) is 36.1 Å². The Kier molecular flexibility index (Phi) is 7.68. The fraction of sp³-hybridized carbons (Fsp3) is 0.435. The van der Waals surface area contributed by atoms with Crippen LogP contribution < -0.4 is 15.4 Å². The van der Waals surface area contributed by atoms with Crippen molar-refractivity contribution in [2.75, 3.05) is 17.7 Å². The molecular formula is C23H28N2O5S. The summed E-state index contributed by atoms with van der Waals surface area (Å²) >= 11 is 1.46. The van der Waals surface area contributed by atoms with Crippen LogP contribution in [0.1, 0.15) is 59.8 Å². The predicted octanol–water partition coefficient (Wildman–Crippen LogP) is 4.72. The molecule has 1 heterocycles. The van der Waals surface area contributed by atoms with Crippen LogP contribution in [0.3, 0.4) is 0 Å². The van der Waals surface area contributed by atoms with Crippen molar-refractivity contribution in [2.24, 2.45) is 5.92 Å². The minimum atomic E-state index is -0.927. The quantitative estimate of drug-likeness (QED) is 0.519. The smallest absolute Gasteiger partial charge is 0.303 e. The average molecular weight is 445 g/mol. The van der Waals surface area contributed by atoms with E-state index in [1.54, 1.807) is 31.4 Å². The fourth-order valence-electron chi connectivity index (χ4n) is 3.81. The van der Waals surface area contributed by atoms with Gasteiger partial charge in [0, 0.05) is 29.5 Å². The number of aliphatic carboxylic acids is 1. The lowest BCUT2D eigenvalue weighted by Crippen LogP contribution is -2.19. The third-order valence-corrected chi connectivity index (χ3v) is 6.72. The first-order valence-electron chi connectivity index (χ1n) is 10.5. The molecule has 1 aliphatic carbocycles. The van der Waals surface area contributed by atoms with Crippen LogP contribution in [0.25, 0.3) is 0 Å². The van der Waals surface area contributed by atoms with Gasteiger partial charge in [0.05, 0.1) is 12.7 Å². The highest BCUT2D eigenvalue weighted by atomic mass is 32.1. The van der Waals surface area contributed by atoms with Crippen LogP contribution in [-0.2, 0) is 22.4 Å². The van der Waals surface area contributed by atoms with Crippen molar-refractivity contribution in [3.63, 3.8) is 0 Å². The fourth-order valence-corrected chi connectivity index (χ4v) is 5.19. The van der Waals surface area contributed by atoms with Gasteiger partial charge in [-0.05, 0) is 49.3 Å². The maximum Gasteiger partial charge on any atom is 0.303 e. The van der Waals surface area contributed by atoms with Crippen LogP contribution in [-0.4, -0.2) is 30.0 Å². The molecule has 1 aromatic heterocycles. The number of rotatable bonds is 9. The van der Waals surface area contributed by atoms with Crippen molar-refractivity contribution in [1.82, 2.24) is 0 Å². The maximum absolute atomic E-state index is 13.2. The highest BCUT2D eigenvalue weighted by Crippen LogP contribution is 2.41. The molecule has 0 saturated carbocycles. The third kappa shape index (κ3) is 5.85. The number of hydrogen-bond acceptors (Lipinski definition) is 5. The zero-order valence-corrected chi connectivity index (χ0v) is 18.6. The Morgan fingerprint density at radius 1 is 1.23 bits per heavy atom. The number of benzene rings is 1. The number of anilines is 2. The Morgan fingerprint density at radius 3 is 2.74 bits per heavy atom. The SMILES string of the molecule is CC[C@H]1CCc2c(sc(NC(=O)CCCC(=O)O)c2C(=O)Nc2cccc(OC)c2)C1. The highest BCUT2D eigenvalue weighted by Gasteiger charge is 2.29. The van der Waals surface area contributed by atoms with Crippen molar-refractivity contribution >= 4 is 39.8 Å². The summed E-state index contributed by atoms with van der Waals surface area (Å²) in [6.07, 6.45) is 4.12. The van der Waals surface area contributed by atoms with Gasteiger partial charge in [0.2, 0.25) is 5.91 Å². The molecule has 0 unspecified atom stereocenters. The van der Waals surface area contributed by atoms with Crippen molar-refractivity contribution in [3.05, 3.63) is 40.3 Å². The van der Waals surface area contributed by atoms with Gasteiger partial charge in [-0.3, -0.25) is 14.4 Å². The Labute approximate surface area is 185 Å². The molecule has 0 saturated heterocycles.